The van der Waals surface area contributed by atoms with Crippen LogP contribution in [0.4, 0.5) is 4.79 Å². The van der Waals surface area contributed by atoms with Gasteiger partial charge in [0.2, 0.25) is 0 Å². The molecule has 118 valence electrons. The van der Waals surface area contributed by atoms with E-state index in [1.54, 1.807) is 26.2 Å². The van der Waals surface area contributed by atoms with Crippen molar-refractivity contribution < 1.29 is 19.1 Å². The van der Waals surface area contributed by atoms with Gasteiger partial charge < -0.3 is 20.1 Å². The van der Waals surface area contributed by atoms with Crippen molar-refractivity contribution in [2.24, 2.45) is 0 Å². The number of amides is 2. The minimum Gasteiger partial charge on any atom is -0.493 e. The lowest BCUT2D eigenvalue weighted by atomic mass is 9.93. The van der Waals surface area contributed by atoms with Crippen LogP contribution in [0.1, 0.15) is 32.4 Å². The summed E-state index contributed by atoms with van der Waals surface area (Å²) in [5.41, 5.74) is 1.87. The average molecular weight is 304 g/mol. The molecule has 2 N–H and O–H groups in total. The number of carbonyl (C=O) groups excluding carboxylic acids is 2. The third-order valence-corrected chi connectivity index (χ3v) is 3.47. The number of nitrogens with one attached hydrogen (secondary N) is 2. The Bertz CT molecular complexity index is 637. The van der Waals surface area contributed by atoms with Crippen molar-refractivity contribution in [2.45, 2.75) is 26.8 Å². The van der Waals surface area contributed by atoms with Crippen LogP contribution in [0.25, 0.3) is 0 Å². The molecule has 0 spiro atoms. The van der Waals surface area contributed by atoms with Crippen molar-refractivity contribution in [2.75, 3.05) is 13.7 Å². The van der Waals surface area contributed by atoms with Crippen LogP contribution in [0.15, 0.2) is 29.5 Å². The lowest BCUT2D eigenvalue weighted by Gasteiger charge is -2.28. The lowest BCUT2D eigenvalue weighted by Crippen LogP contribution is -2.44. The number of urea groups is 1. The highest BCUT2D eigenvalue weighted by Gasteiger charge is 2.29. The second kappa shape index (κ2) is 6.51. The van der Waals surface area contributed by atoms with Crippen LogP contribution in [0.3, 0.4) is 0 Å². The van der Waals surface area contributed by atoms with Crippen molar-refractivity contribution in [3.63, 3.8) is 0 Å². The molecule has 6 heteroatoms. The van der Waals surface area contributed by atoms with Gasteiger partial charge in [-0.05, 0) is 38.5 Å². The molecule has 22 heavy (non-hydrogen) atoms. The van der Waals surface area contributed by atoms with Crippen LogP contribution in [0, 0.1) is 0 Å². The summed E-state index contributed by atoms with van der Waals surface area (Å²) in [6.45, 7) is 5.57. The van der Waals surface area contributed by atoms with Crippen LogP contribution in [0.5, 0.6) is 11.5 Å². The minimum absolute atomic E-state index is 0.0937. The molecule has 0 bridgehead atoms. The van der Waals surface area contributed by atoms with Gasteiger partial charge in [0, 0.05) is 11.3 Å². The third kappa shape index (κ3) is 3.05. The fraction of sp³-hybridized carbons (Fsp3) is 0.375. The number of hydrogen-bond donors (Lipinski definition) is 2. The molecule has 0 radical (unpaired) electrons. The maximum atomic E-state index is 11.9. The zero-order valence-corrected chi connectivity index (χ0v) is 13.1. The number of allylic oxidation sites excluding steroid dienone is 1. The zero-order chi connectivity index (χ0) is 16.3. The van der Waals surface area contributed by atoms with E-state index in [9.17, 15) is 9.59 Å². The first-order valence-electron chi connectivity index (χ1n) is 7.07. The summed E-state index contributed by atoms with van der Waals surface area (Å²) < 4.78 is 10.8. The smallest absolute Gasteiger partial charge is 0.319 e. The van der Waals surface area contributed by atoms with Gasteiger partial charge in [-0.25, -0.2) is 4.79 Å². The topological polar surface area (TPSA) is 76.7 Å². The van der Waals surface area contributed by atoms with Crippen LogP contribution in [-0.4, -0.2) is 25.5 Å². The van der Waals surface area contributed by atoms with Gasteiger partial charge in [0.25, 0.3) is 0 Å². The van der Waals surface area contributed by atoms with E-state index in [1.807, 2.05) is 13.0 Å². The van der Waals surface area contributed by atoms with Crippen molar-refractivity contribution in [3.05, 3.63) is 35.0 Å². The standard InChI is InChI=1S/C16H20N2O4/c1-5-22-13-8-11(6-7-12(13)21-4)15-14(10(3)19)9(2)17-16(20)18-15/h6-8,15H,5H2,1-4H3,(H2,17,18,20)/t15-/m1/s1. The van der Waals surface area contributed by atoms with Gasteiger partial charge in [0.05, 0.1) is 19.8 Å². The number of hydrogen-bond acceptors (Lipinski definition) is 4. The molecular weight excluding hydrogens is 284 g/mol. The summed E-state index contributed by atoms with van der Waals surface area (Å²) in [5.74, 6) is 1.09. The fourth-order valence-corrected chi connectivity index (χ4v) is 2.55. The van der Waals surface area contributed by atoms with E-state index in [4.69, 9.17) is 9.47 Å². The average Bonchev–Trinajstić information content (AvgIpc) is 2.46. The largest absolute Gasteiger partial charge is 0.493 e. The van der Waals surface area contributed by atoms with E-state index in [1.165, 1.54) is 6.92 Å². The summed E-state index contributed by atoms with van der Waals surface area (Å²) in [5, 5.41) is 5.40. The molecule has 2 amide bonds. The number of Topliss-reactive ketones (excluding diaryl/α,β-unsaturated/α-hetero) is 1. The molecular formula is C16H20N2O4. The Labute approximate surface area is 129 Å². The monoisotopic (exact) mass is 304 g/mol. The van der Waals surface area contributed by atoms with Gasteiger partial charge in [0.15, 0.2) is 17.3 Å². The number of ether oxygens (including phenoxy) is 2. The van der Waals surface area contributed by atoms with E-state index in [0.717, 1.165) is 5.56 Å². The third-order valence-electron chi connectivity index (χ3n) is 3.47. The molecule has 0 saturated heterocycles. The molecule has 0 saturated carbocycles. The minimum atomic E-state index is -0.503. The maximum Gasteiger partial charge on any atom is 0.319 e. The zero-order valence-electron chi connectivity index (χ0n) is 13.1. The highest BCUT2D eigenvalue weighted by Crippen LogP contribution is 2.34. The molecule has 0 unspecified atom stereocenters. The maximum absolute atomic E-state index is 11.9. The predicted molar refractivity (Wildman–Crippen MR) is 82.0 cm³/mol. The van der Waals surface area contributed by atoms with E-state index >= 15 is 0 Å². The molecule has 0 aromatic heterocycles. The number of rotatable bonds is 5. The van der Waals surface area contributed by atoms with E-state index < -0.39 is 6.04 Å². The van der Waals surface area contributed by atoms with Gasteiger partial charge in [-0.3, -0.25) is 4.79 Å². The first kappa shape index (κ1) is 15.9. The quantitative estimate of drug-likeness (QED) is 0.875. The number of carbonyl (C=O) groups is 2. The second-order valence-corrected chi connectivity index (χ2v) is 4.97. The summed E-state index contributed by atoms with van der Waals surface area (Å²) in [6, 6.07) is 4.53. The van der Waals surface area contributed by atoms with Gasteiger partial charge in [-0.2, -0.15) is 0 Å². The van der Waals surface area contributed by atoms with Crippen molar-refractivity contribution in [1.29, 1.82) is 0 Å². The molecule has 1 heterocycles. The number of benzene rings is 1. The van der Waals surface area contributed by atoms with Gasteiger partial charge in [0.1, 0.15) is 0 Å². The summed E-state index contributed by atoms with van der Waals surface area (Å²) >= 11 is 0. The lowest BCUT2D eigenvalue weighted by molar-refractivity contribution is -0.114. The van der Waals surface area contributed by atoms with Crippen LogP contribution < -0.4 is 20.1 Å². The summed E-state index contributed by atoms with van der Waals surface area (Å²) in [7, 11) is 1.56. The van der Waals surface area contributed by atoms with E-state index in [2.05, 4.69) is 10.6 Å². The number of methoxy groups -OCH3 is 1. The Hall–Kier alpha value is -2.50. The Kier molecular flexibility index (Phi) is 4.70. The summed E-state index contributed by atoms with van der Waals surface area (Å²) in [4.78, 5) is 23.7. The van der Waals surface area contributed by atoms with Crippen molar-refractivity contribution in [3.8, 4) is 11.5 Å². The molecule has 6 nitrogen and oxygen atoms in total. The predicted octanol–water partition coefficient (Wildman–Crippen LogP) is 2.31. The van der Waals surface area contributed by atoms with E-state index in [0.29, 0.717) is 29.4 Å². The molecule has 2 rings (SSSR count). The molecule has 1 aromatic carbocycles. The molecule has 1 aromatic rings. The molecule has 1 atom stereocenters. The first-order valence-corrected chi connectivity index (χ1v) is 7.07. The van der Waals surface area contributed by atoms with Gasteiger partial charge in [-0.15, -0.1) is 0 Å². The molecule has 1 aliphatic rings. The van der Waals surface area contributed by atoms with Crippen LogP contribution in [-0.2, 0) is 4.79 Å². The van der Waals surface area contributed by atoms with Crippen LogP contribution >= 0.6 is 0 Å². The van der Waals surface area contributed by atoms with Crippen molar-refractivity contribution in [1.82, 2.24) is 10.6 Å². The first-order chi connectivity index (χ1) is 10.5. The van der Waals surface area contributed by atoms with E-state index in [-0.39, 0.29) is 11.8 Å². The van der Waals surface area contributed by atoms with Gasteiger partial charge in [-0.1, -0.05) is 6.07 Å². The fourth-order valence-electron chi connectivity index (χ4n) is 2.55. The molecule has 0 fully saturated rings. The Balaban J connectivity index is 2.49. The SMILES string of the molecule is CCOc1cc([C@H]2NC(=O)NC(C)=C2C(C)=O)ccc1OC. The Morgan fingerprint density at radius 2 is 2.05 bits per heavy atom. The normalized spacial score (nSPS) is 17.6. The summed E-state index contributed by atoms with van der Waals surface area (Å²) in [6.07, 6.45) is 0. The Morgan fingerprint density at radius 1 is 1.32 bits per heavy atom. The molecule has 0 aliphatic carbocycles. The Morgan fingerprint density at radius 3 is 2.64 bits per heavy atom. The van der Waals surface area contributed by atoms with Gasteiger partial charge >= 0.3 is 6.03 Å². The highest BCUT2D eigenvalue weighted by molar-refractivity contribution is 5.98. The number of ketones is 1. The highest BCUT2D eigenvalue weighted by atomic mass is 16.5. The van der Waals surface area contributed by atoms with Crippen LogP contribution in [0.2, 0.25) is 0 Å². The van der Waals surface area contributed by atoms with Crippen molar-refractivity contribution >= 4 is 11.8 Å². The second-order valence-electron chi connectivity index (χ2n) is 4.97. The molecule has 1 aliphatic heterocycles.